The van der Waals surface area contributed by atoms with E-state index in [0.717, 1.165) is 31.7 Å². The second-order valence-electron chi connectivity index (χ2n) is 13.1. The zero-order chi connectivity index (χ0) is 27.0. The Labute approximate surface area is 222 Å². The van der Waals surface area contributed by atoms with Crippen LogP contribution in [0.3, 0.4) is 0 Å². The van der Waals surface area contributed by atoms with Crippen molar-refractivity contribution >= 4 is 5.91 Å². The van der Waals surface area contributed by atoms with Gasteiger partial charge in [-0.25, -0.2) is 8.78 Å². The maximum Gasteiger partial charge on any atom is 0.226 e. The third kappa shape index (κ3) is 6.20. The van der Waals surface area contributed by atoms with E-state index in [-0.39, 0.29) is 29.3 Å². The van der Waals surface area contributed by atoms with Crippen molar-refractivity contribution < 1.29 is 18.7 Å². The molecule has 3 fully saturated rings. The zero-order valence-corrected chi connectivity index (χ0v) is 23.4. The molecule has 1 aliphatic carbocycles. The SMILES string of the molecule is CC(C)N1CC(c2ccc(F)cc2F)C([C@H](O)N2CCC(C(=O)NC(C)(C)C)(C3CCCCC3)CC2)C1. The summed E-state index contributed by atoms with van der Waals surface area (Å²) in [5.41, 5.74) is -0.204. The minimum atomic E-state index is -0.742. The van der Waals surface area contributed by atoms with Crippen molar-refractivity contribution in [1.82, 2.24) is 15.1 Å². The first-order valence-corrected chi connectivity index (χ1v) is 14.3. The topological polar surface area (TPSA) is 55.8 Å². The minimum absolute atomic E-state index is 0.166. The number of carbonyl (C=O) groups excluding carboxylic acids is 1. The molecule has 2 heterocycles. The van der Waals surface area contributed by atoms with Crippen molar-refractivity contribution in [2.45, 2.75) is 103 Å². The van der Waals surface area contributed by atoms with Crippen molar-refractivity contribution in [3.63, 3.8) is 0 Å². The average molecular weight is 520 g/mol. The Morgan fingerprint density at radius 3 is 2.27 bits per heavy atom. The summed E-state index contributed by atoms with van der Waals surface area (Å²) in [6, 6.07) is 4.07. The van der Waals surface area contributed by atoms with Gasteiger partial charge in [-0.2, -0.15) is 0 Å². The molecule has 2 N–H and O–H groups in total. The lowest BCUT2D eigenvalue weighted by atomic mass is 9.63. The molecule has 208 valence electrons. The van der Waals surface area contributed by atoms with Crippen molar-refractivity contribution in [2.24, 2.45) is 17.3 Å². The van der Waals surface area contributed by atoms with E-state index < -0.39 is 23.3 Å². The first-order chi connectivity index (χ1) is 17.4. The van der Waals surface area contributed by atoms with E-state index >= 15 is 0 Å². The summed E-state index contributed by atoms with van der Waals surface area (Å²) >= 11 is 0. The van der Waals surface area contributed by atoms with Crippen LogP contribution in [0.4, 0.5) is 8.78 Å². The van der Waals surface area contributed by atoms with E-state index in [0.29, 0.717) is 37.7 Å². The predicted octanol–water partition coefficient (Wildman–Crippen LogP) is 5.28. The van der Waals surface area contributed by atoms with E-state index in [1.807, 2.05) is 20.8 Å². The molecule has 2 aliphatic heterocycles. The van der Waals surface area contributed by atoms with Crippen molar-refractivity contribution in [3.8, 4) is 0 Å². The molecule has 3 atom stereocenters. The number of amides is 1. The summed E-state index contributed by atoms with van der Waals surface area (Å²) in [5.74, 6) is -0.978. The van der Waals surface area contributed by atoms with Crippen LogP contribution in [0.1, 0.15) is 91.0 Å². The molecule has 1 aromatic carbocycles. The Kier molecular flexibility index (Phi) is 8.66. The number of hydrogen-bond donors (Lipinski definition) is 2. The van der Waals surface area contributed by atoms with Gasteiger partial charge in [0.1, 0.15) is 17.9 Å². The van der Waals surface area contributed by atoms with Gasteiger partial charge in [0.05, 0.1) is 5.41 Å². The molecule has 1 aromatic rings. The Hall–Kier alpha value is -1.57. The molecule has 0 bridgehead atoms. The van der Waals surface area contributed by atoms with Gasteiger partial charge in [-0.05, 0) is 77.8 Å². The Morgan fingerprint density at radius 2 is 1.70 bits per heavy atom. The molecule has 37 heavy (non-hydrogen) atoms. The van der Waals surface area contributed by atoms with E-state index in [9.17, 15) is 18.7 Å². The first-order valence-electron chi connectivity index (χ1n) is 14.3. The van der Waals surface area contributed by atoms with Crippen LogP contribution in [0.2, 0.25) is 0 Å². The molecule has 0 spiro atoms. The van der Waals surface area contributed by atoms with Gasteiger partial charge in [0.15, 0.2) is 0 Å². The molecule has 4 rings (SSSR count). The Morgan fingerprint density at radius 1 is 1.05 bits per heavy atom. The van der Waals surface area contributed by atoms with Gasteiger partial charge in [0.25, 0.3) is 0 Å². The summed E-state index contributed by atoms with van der Waals surface area (Å²) < 4.78 is 28.5. The van der Waals surface area contributed by atoms with Crippen LogP contribution in [-0.2, 0) is 4.79 Å². The monoisotopic (exact) mass is 519 g/mol. The van der Waals surface area contributed by atoms with Crippen LogP contribution in [0.25, 0.3) is 0 Å². The maximum atomic E-state index is 14.8. The highest BCUT2D eigenvalue weighted by molar-refractivity contribution is 5.83. The smallest absolute Gasteiger partial charge is 0.226 e. The summed E-state index contributed by atoms with van der Waals surface area (Å²) in [4.78, 5) is 18.1. The fraction of sp³-hybridized carbons (Fsp3) is 0.767. The third-order valence-electron chi connectivity index (χ3n) is 9.26. The van der Waals surface area contributed by atoms with Crippen LogP contribution in [0, 0.1) is 28.9 Å². The number of aliphatic hydroxyl groups excluding tert-OH is 1. The molecule has 0 radical (unpaired) electrons. The van der Waals surface area contributed by atoms with E-state index in [1.54, 1.807) is 6.07 Å². The van der Waals surface area contributed by atoms with Gasteiger partial charge >= 0.3 is 0 Å². The fourth-order valence-electron chi connectivity index (χ4n) is 7.11. The quantitative estimate of drug-likeness (QED) is 0.537. The number of rotatable bonds is 6. The number of nitrogens with one attached hydrogen (secondary N) is 1. The predicted molar refractivity (Wildman–Crippen MR) is 143 cm³/mol. The van der Waals surface area contributed by atoms with Gasteiger partial charge in [-0.3, -0.25) is 14.6 Å². The number of piperidine rings is 1. The van der Waals surface area contributed by atoms with Crippen LogP contribution in [-0.4, -0.2) is 64.8 Å². The van der Waals surface area contributed by atoms with E-state index in [1.165, 1.54) is 25.3 Å². The van der Waals surface area contributed by atoms with Gasteiger partial charge < -0.3 is 10.4 Å². The maximum absolute atomic E-state index is 14.8. The van der Waals surface area contributed by atoms with Crippen molar-refractivity contribution in [3.05, 3.63) is 35.4 Å². The normalized spacial score (nSPS) is 26.9. The van der Waals surface area contributed by atoms with E-state index in [4.69, 9.17) is 0 Å². The number of likely N-dealkylation sites (tertiary alicyclic amines) is 2. The molecule has 7 heteroatoms. The van der Waals surface area contributed by atoms with Gasteiger partial charge in [-0.15, -0.1) is 0 Å². The summed E-state index contributed by atoms with van der Waals surface area (Å²) in [7, 11) is 0. The number of aliphatic hydroxyl groups is 1. The van der Waals surface area contributed by atoms with Crippen LogP contribution in [0.5, 0.6) is 0 Å². The number of hydrogen-bond acceptors (Lipinski definition) is 4. The third-order valence-corrected chi connectivity index (χ3v) is 9.26. The molecule has 2 saturated heterocycles. The van der Waals surface area contributed by atoms with Gasteiger partial charge in [0, 0.05) is 55.7 Å². The van der Waals surface area contributed by atoms with Gasteiger partial charge in [0.2, 0.25) is 5.91 Å². The van der Waals surface area contributed by atoms with E-state index in [2.05, 4.69) is 29.0 Å². The second kappa shape index (κ2) is 11.3. The van der Waals surface area contributed by atoms with Crippen molar-refractivity contribution in [1.29, 1.82) is 0 Å². The molecule has 0 aromatic heterocycles. The lowest BCUT2D eigenvalue weighted by Crippen LogP contribution is -2.58. The number of benzene rings is 1. The Balaban J connectivity index is 1.53. The molecule has 5 nitrogen and oxygen atoms in total. The highest BCUT2D eigenvalue weighted by atomic mass is 19.1. The highest BCUT2D eigenvalue weighted by Gasteiger charge is 2.50. The largest absolute Gasteiger partial charge is 0.378 e. The highest BCUT2D eigenvalue weighted by Crippen LogP contribution is 2.47. The fourth-order valence-corrected chi connectivity index (χ4v) is 7.11. The van der Waals surface area contributed by atoms with Crippen LogP contribution < -0.4 is 5.32 Å². The summed E-state index contributed by atoms with van der Waals surface area (Å²) in [6.45, 7) is 12.9. The lowest BCUT2D eigenvalue weighted by Gasteiger charge is -2.49. The molecule has 1 saturated carbocycles. The first kappa shape index (κ1) is 28.4. The van der Waals surface area contributed by atoms with Gasteiger partial charge in [-0.1, -0.05) is 25.3 Å². The standard InChI is InChI=1S/C30H47F2N3O2/c1-20(2)35-18-24(23-12-11-22(31)17-26(23)32)25(19-35)27(36)34-15-13-30(14-16-34,21-9-7-6-8-10-21)28(37)33-29(3,4)5/h11-12,17,20-21,24-25,27,36H,6-10,13-16,18-19H2,1-5H3,(H,33,37)/t24?,25?,27-/m0/s1. The minimum Gasteiger partial charge on any atom is -0.378 e. The summed E-state index contributed by atoms with van der Waals surface area (Å²) in [6.07, 6.45) is 6.51. The Bertz CT molecular complexity index is 933. The lowest BCUT2D eigenvalue weighted by molar-refractivity contribution is -0.145. The molecular weight excluding hydrogens is 472 g/mol. The molecular formula is C30H47F2N3O2. The number of carbonyl (C=O) groups is 1. The number of nitrogens with zero attached hydrogens (tertiary/aromatic N) is 2. The second-order valence-corrected chi connectivity index (χ2v) is 13.1. The summed E-state index contributed by atoms with van der Waals surface area (Å²) in [5, 5.41) is 14.9. The molecule has 1 amide bonds. The number of halogens is 2. The van der Waals surface area contributed by atoms with Crippen LogP contribution in [0.15, 0.2) is 18.2 Å². The molecule has 3 aliphatic rings. The van der Waals surface area contributed by atoms with Crippen LogP contribution >= 0.6 is 0 Å². The molecule has 2 unspecified atom stereocenters. The zero-order valence-electron chi connectivity index (χ0n) is 23.4. The average Bonchev–Trinajstić information content (AvgIpc) is 3.28. The van der Waals surface area contributed by atoms with Crippen molar-refractivity contribution in [2.75, 3.05) is 26.2 Å².